The molecule has 104 heavy (non-hydrogen) atoms. The molecule has 0 aliphatic heterocycles. The maximum atomic E-state index is 3.96. The molecular weight excluding hydrogens is 7790 g/mol. The molecule has 1 unspecified atom stereocenters. The van der Waals surface area contributed by atoms with E-state index in [4.69, 9.17) is 0 Å². The molecule has 0 N–H and O–H groups in total. The van der Waals surface area contributed by atoms with Gasteiger partial charge in [0.05, 0.1) is 0 Å². The van der Waals surface area contributed by atoms with Crippen LogP contribution in [0.2, 0.25) is 0 Å². The molecule has 0 nitrogen and oxygen atoms in total. The number of rotatable bonds is 3. The van der Waals surface area contributed by atoms with Gasteiger partial charge in [-0.3, -0.25) is 0 Å². The molecule has 85 heteroatoms. The first kappa shape index (κ1) is 684. The van der Waals surface area contributed by atoms with E-state index in [0.717, 1.165) is 0 Å². The first-order chi connectivity index (χ1) is 7.46. The summed E-state index contributed by atoms with van der Waals surface area (Å²) in [6.07, 6.45) is 0. The molecule has 0 fully saturated rings. The van der Waals surface area contributed by atoms with Gasteiger partial charge in [-0.25, -0.2) is 0 Å². The van der Waals surface area contributed by atoms with Gasteiger partial charge in [-0.1, -0.05) is 77.7 Å². The van der Waals surface area contributed by atoms with Crippen molar-refractivity contribution in [1.82, 2.24) is 0 Å². The summed E-state index contributed by atoms with van der Waals surface area (Å²) in [6.45, 7) is 31.9. The predicted molar refractivity (Wildman–Crippen MR) is 101 cm³/mol. The van der Waals surface area contributed by atoms with Gasteiger partial charge < -0.3 is 33.6 Å². The molecule has 0 aromatic carbocycles. The van der Waals surface area contributed by atoms with Crippen LogP contribution in [0.25, 0.3) is 0 Å². The Morgan fingerprint density at radius 3 is 0.135 bits per heavy atom. The van der Waals surface area contributed by atoms with E-state index in [2.05, 4.69) is 41.5 Å². The van der Waals surface area contributed by atoms with Crippen molar-refractivity contribution in [2.45, 2.75) is 77.7 Å². The molecule has 0 aromatic heterocycles. The van der Waals surface area contributed by atoms with Gasteiger partial charge in [0, 0.05) is 2780 Å². The van der Waals surface area contributed by atoms with Crippen molar-refractivity contribution < 1.29 is 2780 Å². The molecule has 0 bridgehead atoms. The molecule has 0 aliphatic carbocycles. The normalized spacial score (nSPS) is 2.16. The van der Waals surface area contributed by atoms with Crippen molar-refractivity contribution in [3.63, 3.8) is 0 Å². The summed E-state index contributed by atoms with van der Waals surface area (Å²) in [5.74, 6) is 1.44. The summed E-state index contributed by atoms with van der Waals surface area (Å²) < 4.78 is 0. The van der Waals surface area contributed by atoms with Crippen LogP contribution in [0.4, 0.5) is 0 Å². The fraction of sp³-hybridized carbons (Fsp3) is 0.789. The zero-order valence-electron chi connectivity index (χ0n) is 62.2. The van der Waals surface area contributed by atoms with E-state index in [1.165, 1.54) is 0 Å². The molecule has 3 atom stereocenters. The Bertz CT molecular complexity index is 132. The number of hydrogen-bond donors (Lipinski definition) is 0. The van der Waals surface area contributed by atoms with Gasteiger partial charge in [0.2, 0.25) is 0 Å². The van der Waals surface area contributed by atoms with Crippen LogP contribution in [0.5, 0.6) is 0 Å². The molecular formula is C19H48Y85-4. The van der Waals surface area contributed by atoms with E-state index in [1.807, 2.05) is 41.5 Å². The van der Waals surface area contributed by atoms with E-state index in [0.29, 0.717) is 17.8 Å². The van der Waals surface area contributed by atoms with Gasteiger partial charge in [0.15, 0.2) is 0 Å². The third-order valence-electron chi connectivity index (χ3n) is 1.86. The SMILES string of the molecule is C.C.C.CC.CC.CC.[CH2-]C([CH2-])C([C@H]([CH2-])C)[C@@H]([CH2-])C.[Y].[Y].[Y].[Y].[Y].[Y].[Y].[Y].[Y].[Y].[Y].[Y].[Y].[Y].[Y].[Y].[Y].[Y].[Y].[Y].[Y].[Y].[Y].[Y].[Y].[Y].[Y].[Y].[Y].[Y].[Y].[Y].[Y].[Y].[Y].[Y].[Y].[Y].[Y].[Y].[Y].[Y].[Y].[Y].[Y].[Y].[Y].[Y].[Y].[Y].[Y].[Y].[Y].[Y].[Y].[Y].[Y].[Y].[Y].[Y].[Y].[Y].[Y].[Y].[Y].[Y].[Y].[Y].[Y].[Y].[Y].[Y].[Y].[Y].[Y].[Y].[Y].[Y].[Y].[Y].[Y].[Y].[Y].[Y].[Y]. The smallest absolute Gasteiger partial charge is 0 e. The van der Waals surface area contributed by atoms with Crippen LogP contribution < -0.4 is 0 Å². The first-order valence-electron chi connectivity index (χ1n) is 6.79. The van der Waals surface area contributed by atoms with Crippen LogP contribution in [0, 0.1) is 51.4 Å². The molecule has 0 rings (SSSR count). The minimum absolute atomic E-state index is 0. The van der Waals surface area contributed by atoms with E-state index in [1.54, 1.807) is 0 Å². The van der Waals surface area contributed by atoms with Crippen LogP contribution in [-0.4, -0.2) is 0 Å². The molecule has 383 valence electrons. The van der Waals surface area contributed by atoms with Gasteiger partial charge in [0.25, 0.3) is 0 Å². The second-order valence-electron chi connectivity index (χ2n) is 3.29. The van der Waals surface area contributed by atoms with E-state index >= 15 is 0 Å². The zero-order chi connectivity index (χ0) is 14.3. The average Bonchev–Trinajstić information content (AvgIpc) is 2.24. The van der Waals surface area contributed by atoms with Crippen molar-refractivity contribution in [2.75, 3.05) is 0 Å². The van der Waals surface area contributed by atoms with Crippen molar-refractivity contribution in [3.8, 4) is 0 Å². The van der Waals surface area contributed by atoms with Crippen LogP contribution in [0.3, 0.4) is 0 Å². The third kappa shape index (κ3) is 664. The predicted octanol–water partition coefficient (Wildman–Crippen LogP) is 7.60. The van der Waals surface area contributed by atoms with Crippen LogP contribution in [-0.2, 0) is 2780 Å². The summed E-state index contributed by atoms with van der Waals surface area (Å²) in [5, 5.41) is 0. The number of hydrogen-bond acceptors (Lipinski definition) is 0. The van der Waals surface area contributed by atoms with Crippen LogP contribution in [0.15, 0.2) is 0 Å². The standard InChI is InChI=1S/C10H18.3C2H6.3CH4.85Y/c1-7(2)10(8(3)4)9(5)6;3*1-2;;;;;;;;;;;;;;;;;;;;;;;;;;;;;;;;;;;;;;;;;;;;;;;;;;;;;;;;;;;;;;;;;;;;;;;;;;;;;;;;;;;;;;;;/h7-10H,1-3,5H2,4,6H3;3*1-2H3;3*1H4;;;;;;;;;;;;;;;;;;;;;;;;;;;;;;;;;;;;;;;;;;;;;;;;;;;;;;;;;;;;;;;;;;;;;;;;;;;;;;;;;;;;;/q-4;;;;;;;;;;;;;;;;;;;;;;;;;;;;;;;;;;;;;;;;;;;;;;;;;;;;;;;;;;;;;;;;;;;;;;;;;;;;;;;;;;;;;;;;;;;/t8-,9+,10?;;;;;;;;;;;;;;;;;;;;;;;;;;;;;;;;;;;;;;;;;;;;;;;;;;;;;;;;;;;;;;;;;;;;;;;;;;;;;;;;;;;;;;;;;;;. The van der Waals surface area contributed by atoms with Gasteiger partial charge in [-0.15, -0.1) is 5.92 Å². The Balaban J connectivity index is -0.000000000167. The van der Waals surface area contributed by atoms with Gasteiger partial charge in [0.1, 0.15) is 0 Å². The first-order valence-corrected chi connectivity index (χ1v) is 6.79. The molecule has 0 heterocycles. The summed E-state index contributed by atoms with van der Waals surface area (Å²) in [7, 11) is 0. The summed E-state index contributed by atoms with van der Waals surface area (Å²) in [4.78, 5) is 0. The Kier molecular flexibility index (Phi) is 4430. The zero-order valence-corrected chi connectivity index (χ0v) is 303. The third-order valence-corrected chi connectivity index (χ3v) is 1.86. The Morgan fingerprint density at radius 2 is 0.135 bits per heavy atom. The molecule has 0 saturated carbocycles. The van der Waals surface area contributed by atoms with Gasteiger partial charge in [-0.2, -0.15) is 11.8 Å². The summed E-state index contributed by atoms with van der Waals surface area (Å²) >= 11 is 0. The Morgan fingerprint density at radius 1 is 0.106 bits per heavy atom. The second kappa shape index (κ2) is 674. The Hall–Kier alpha value is 93.8. The topological polar surface area (TPSA) is 0 Å². The van der Waals surface area contributed by atoms with E-state index < -0.39 is 0 Å². The van der Waals surface area contributed by atoms with Gasteiger partial charge in [-0.05, 0) is 0 Å². The maximum Gasteiger partial charge on any atom is 0 e. The molecule has 0 aliphatic rings. The van der Waals surface area contributed by atoms with Crippen molar-refractivity contribution in [1.29, 1.82) is 0 Å². The average molecular weight is 7830 g/mol. The summed E-state index contributed by atoms with van der Waals surface area (Å²) in [6, 6.07) is 0. The van der Waals surface area contributed by atoms with Crippen LogP contribution in [0.1, 0.15) is 77.7 Å². The van der Waals surface area contributed by atoms with Crippen molar-refractivity contribution in [2.24, 2.45) is 23.7 Å². The maximum absolute atomic E-state index is 3.96. The molecule has 0 amide bonds. The monoisotopic (exact) mass is 7830 g/mol. The fourth-order valence-corrected chi connectivity index (χ4v) is 1.49. The molecule has 0 saturated heterocycles. The quantitative estimate of drug-likeness (QED) is 0.256. The minimum atomic E-state index is 0. The second-order valence-corrected chi connectivity index (χ2v) is 3.29. The van der Waals surface area contributed by atoms with Crippen LogP contribution >= 0.6 is 0 Å². The van der Waals surface area contributed by atoms with E-state index in [-0.39, 0.29) is 2810 Å². The van der Waals surface area contributed by atoms with E-state index in [9.17, 15) is 0 Å². The fourth-order valence-electron chi connectivity index (χ4n) is 1.49. The summed E-state index contributed by atoms with van der Waals surface area (Å²) in [5.41, 5.74) is 0. The van der Waals surface area contributed by atoms with Gasteiger partial charge >= 0.3 is 0 Å². The van der Waals surface area contributed by atoms with Crippen molar-refractivity contribution >= 4 is 0 Å². The molecule has 0 spiro atoms. The van der Waals surface area contributed by atoms with Crippen molar-refractivity contribution in [3.05, 3.63) is 27.7 Å². The largest absolute Gasteiger partial charge is 0.369 e. The molecule has 85 radical (unpaired) electrons. The minimum Gasteiger partial charge on any atom is -0.369 e. The molecule has 0 aromatic rings. The Labute approximate surface area is 2800 Å².